The van der Waals surface area contributed by atoms with Gasteiger partial charge < -0.3 is 15.5 Å². The molecule has 22 heavy (non-hydrogen) atoms. The van der Waals surface area contributed by atoms with Crippen molar-refractivity contribution in [2.75, 3.05) is 20.6 Å². The van der Waals surface area contributed by atoms with Crippen molar-refractivity contribution in [3.63, 3.8) is 0 Å². The second-order valence-electron chi connectivity index (χ2n) is 5.44. The fourth-order valence-corrected chi connectivity index (χ4v) is 3.64. The van der Waals surface area contributed by atoms with Crippen LogP contribution in [-0.4, -0.2) is 36.6 Å². The molecule has 0 bridgehead atoms. The van der Waals surface area contributed by atoms with Gasteiger partial charge in [-0.25, -0.2) is 9.78 Å². The van der Waals surface area contributed by atoms with Gasteiger partial charge in [0.05, 0.1) is 12.1 Å². The number of nitrogens with zero attached hydrogens (tertiary/aromatic N) is 2. The summed E-state index contributed by atoms with van der Waals surface area (Å²) in [5.74, 6) is 0. The van der Waals surface area contributed by atoms with Crippen LogP contribution in [0.5, 0.6) is 0 Å². The van der Waals surface area contributed by atoms with Gasteiger partial charge in [0.1, 0.15) is 5.01 Å². The maximum absolute atomic E-state index is 12.1. The zero-order chi connectivity index (χ0) is 16.1. The first-order valence-electron chi connectivity index (χ1n) is 7.12. The van der Waals surface area contributed by atoms with E-state index in [-0.39, 0.29) is 18.1 Å². The van der Waals surface area contributed by atoms with E-state index < -0.39 is 0 Å². The normalized spacial score (nSPS) is 13.9. The zero-order valence-electron chi connectivity index (χ0n) is 13.3. The van der Waals surface area contributed by atoms with Gasteiger partial charge in [0, 0.05) is 17.6 Å². The van der Waals surface area contributed by atoms with Gasteiger partial charge in [-0.1, -0.05) is 0 Å². The van der Waals surface area contributed by atoms with E-state index in [1.165, 1.54) is 5.56 Å². The number of hydrogen-bond acceptors (Lipinski definition) is 5. The fourth-order valence-electron chi connectivity index (χ4n) is 2.13. The third-order valence-electron chi connectivity index (χ3n) is 3.36. The van der Waals surface area contributed by atoms with Crippen LogP contribution in [0, 0.1) is 6.92 Å². The Kier molecular flexibility index (Phi) is 5.93. The zero-order valence-corrected chi connectivity index (χ0v) is 14.9. The summed E-state index contributed by atoms with van der Waals surface area (Å²) < 4.78 is 0. The van der Waals surface area contributed by atoms with Gasteiger partial charge in [0.2, 0.25) is 0 Å². The molecule has 0 saturated heterocycles. The molecule has 2 amide bonds. The summed E-state index contributed by atoms with van der Waals surface area (Å²) in [4.78, 5) is 18.6. The standard InChI is InChI=1S/C15H22N4OS2/c1-10-8-22-14(17-10)11(2)18-15(20)16-7-13(19(3)4)12-5-6-21-9-12/h5-6,8-9,11,13H,7H2,1-4H3,(H2,16,18,20)/t11-,13-/m0/s1. The predicted octanol–water partition coefficient (Wildman–Crippen LogP) is 3.18. The van der Waals surface area contributed by atoms with E-state index in [1.807, 2.05) is 33.3 Å². The highest BCUT2D eigenvalue weighted by Gasteiger charge is 2.17. The molecule has 0 radical (unpaired) electrons. The van der Waals surface area contributed by atoms with Gasteiger partial charge in [0.25, 0.3) is 0 Å². The number of thiophene rings is 1. The summed E-state index contributed by atoms with van der Waals surface area (Å²) in [6.07, 6.45) is 0. The quantitative estimate of drug-likeness (QED) is 0.850. The third kappa shape index (κ3) is 4.53. The average Bonchev–Trinajstić information content (AvgIpc) is 3.10. The summed E-state index contributed by atoms with van der Waals surface area (Å²) in [7, 11) is 4.03. The van der Waals surface area contributed by atoms with Crippen LogP contribution < -0.4 is 10.6 Å². The van der Waals surface area contributed by atoms with Crippen molar-refractivity contribution in [1.82, 2.24) is 20.5 Å². The highest BCUT2D eigenvalue weighted by Crippen LogP contribution is 2.20. The van der Waals surface area contributed by atoms with Gasteiger partial charge in [-0.2, -0.15) is 11.3 Å². The van der Waals surface area contributed by atoms with Crippen LogP contribution in [0.2, 0.25) is 0 Å². The molecule has 2 rings (SSSR count). The van der Waals surface area contributed by atoms with E-state index >= 15 is 0 Å². The number of urea groups is 1. The Morgan fingerprint density at radius 1 is 1.41 bits per heavy atom. The van der Waals surface area contributed by atoms with Crippen molar-refractivity contribution in [2.45, 2.75) is 25.9 Å². The maximum Gasteiger partial charge on any atom is 0.315 e. The average molecular weight is 339 g/mol. The Morgan fingerprint density at radius 2 is 2.18 bits per heavy atom. The Balaban J connectivity index is 1.86. The summed E-state index contributed by atoms with van der Waals surface area (Å²) >= 11 is 3.23. The molecule has 0 aliphatic carbocycles. The highest BCUT2D eigenvalue weighted by molar-refractivity contribution is 7.09. The molecule has 0 aliphatic heterocycles. The Hall–Kier alpha value is -1.44. The number of aromatic nitrogens is 1. The first-order chi connectivity index (χ1) is 10.5. The molecule has 0 saturated carbocycles. The number of aryl methyl sites for hydroxylation is 1. The molecular formula is C15H22N4OS2. The van der Waals surface area contributed by atoms with Gasteiger partial charge in [-0.3, -0.25) is 0 Å². The van der Waals surface area contributed by atoms with E-state index in [0.717, 1.165) is 10.7 Å². The molecule has 0 fully saturated rings. The predicted molar refractivity (Wildman–Crippen MR) is 92.5 cm³/mol. The van der Waals surface area contributed by atoms with Gasteiger partial charge in [-0.05, 0) is 50.3 Å². The number of rotatable bonds is 6. The fraction of sp³-hybridized carbons (Fsp3) is 0.467. The second kappa shape index (κ2) is 7.71. The minimum atomic E-state index is -0.164. The van der Waals surface area contributed by atoms with Crippen LogP contribution in [0.15, 0.2) is 22.2 Å². The van der Waals surface area contributed by atoms with Crippen LogP contribution in [0.4, 0.5) is 4.79 Å². The van der Waals surface area contributed by atoms with Crippen LogP contribution in [-0.2, 0) is 0 Å². The Morgan fingerprint density at radius 3 is 2.73 bits per heavy atom. The SMILES string of the molecule is Cc1csc([C@H](C)NC(=O)NC[C@@H](c2ccsc2)N(C)C)n1. The van der Waals surface area contributed by atoms with Crippen molar-refractivity contribution >= 4 is 28.7 Å². The van der Waals surface area contributed by atoms with Crippen molar-refractivity contribution in [3.8, 4) is 0 Å². The second-order valence-corrected chi connectivity index (χ2v) is 7.11. The van der Waals surface area contributed by atoms with Crippen molar-refractivity contribution in [2.24, 2.45) is 0 Å². The molecule has 2 heterocycles. The van der Waals surface area contributed by atoms with Crippen molar-refractivity contribution < 1.29 is 4.79 Å². The number of amides is 2. The molecule has 7 heteroatoms. The smallest absolute Gasteiger partial charge is 0.315 e. The van der Waals surface area contributed by atoms with Crippen LogP contribution in [0.25, 0.3) is 0 Å². The number of nitrogens with one attached hydrogen (secondary N) is 2. The van der Waals surface area contributed by atoms with Crippen LogP contribution >= 0.6 is 22.7 Å². The molecule has 2 atom stereocenters. The maximum atomic E-state index is 12.1. The van der Waals surface area contributed by atoms with Crippen molar-refractivity contribution in [1.29, 1.82) is 0 Å². The molecule has 0 aromatic carbocycles. The van der Waals surface area contributed by atoms with E-state index in [2.05, 4.69) is 37.3 Å². The summed E-state index contributed by atoms with van der Waals surface area (Å²) in [5.41, 5.74) is 2.21. The third-order valence-corrected chi connectivity index (χ3v) is 5.21. The number of thiazole rings is 1. The first-order valence-corrected chi connectivity index (χ1v) is 8.94. The lowest BCUT2D eigenvalue weighted by Crippen LogP contribution is -2.41. The molecule has 0 unspecified atom stereocenters. The topological polar surface area (TPSA) is 57.3 Å². The lowest BCUT2D eigenvalue weighted by molar-refractivity contribution is 0.230. The van der Waals surface area contributed by atoms with E-state index in [4.69, 9.17) is 0 Å². The van der Waals surface area contributed by atoms with Gasteiger partial charge in [-0.15, -0.1) is 11.3 Å². The molecule has 2 aromatic rings. The summed E-state index contributed by atoms with van der Waals surface area (Å²) in [5, 5.41) is 13.0. The Labute approximate surface area is 139 Å². The molecule has 120 valence electrons. The van der Waals surface area contributed by atoms with E-state index in [0.29, 0.717) is 6.54 Å². The molecule has 0 spiro atoms. The van der Waals surface area contributed by atoms with Crippen molar-refractivity contribution in [3.05, 3.63) is 38.5 Å². The van der Waals surface area contributed by atoms with Gasteiger partial charge >= 0.3 is 6.03 Å². The lowest BCUT2D eigenvalue weighted by Gasteiger charge is -2.24. The molecule has 2 N–H and O–H groups in total. The minimum absolute atomic E-state index is 0.0855. The molecule has 5 nitrogen and oxygen atoms in total. The number of hydrogen-bond donors (Lipinski definition) is 2. The molecule has 2 aromatic heterocycles. The van der Waals surface area contributed by atoms with E-state index in [1.54, 1.807) is 22.7 Å². The van der Waals surface area contributed by atoms with Crippen LogP contribution in [0.1, 0.15) is 35.3 Å². The van der Waals surface area contributed by atoms with Gasteiger partial charge in [0.15, 0.2) is 0 Å². The summed E-state index contributed by atoms with van der Waals surface area (Å²) in [6, 6.07) is 2.02. The lowest BCUT2D eigenvalue weighted by atomic mass is 10.1. The van der Waals surface area contributed by atoms with E-state index in [9.17, 15) is 4.79 Å². The summed E-state index contributed by atoms with van der Waals surface area (Å²) in [6.45, 7) is 4.47. The first kappa shape index (κ1) is 16.9. The monoisotopic (exact) mass is 338 g/mol. The van der Waals surface area contributed by atoms with Crippen LogP contribution in [0.3, 0.4) is 0 Å². The number of likely N-dealkylation sites (N-methyl/N-ethyl adjacent to an activating group) is 1. The molecular weight excluding hydrogens is 316 g/mol. The number of carbonyl (C=O) groups excluding carboxylic acids is 1. The number of carbonyl (C=O) groups is 1. The largest absolute Gasteiger partial charge is 0.336 e. The Bertz CT molecular complexity index is 594. The highest BCUT2D eigenvalue weighted by atomic mass is 32.1. The minimum Gasteiger partial charge on any atom is -0.336 e. The molecule has 0 aliphatic rings.